The highest BCUT2D eigenvalue weighted by Crippen LogP contribution is 2.46. The van der Waals surface area contributed by atoms with Crippen molar-refractivity contribution in [3.63, 3.8) is 0 Å². The Hall–Kier alpha value is -2.41. The molecule has 0 spiro atoms. The van der Waals surface area contributed by atoms with E-state index in [2.05, 4.69) is 15.4 Å². The Morgan fingerprint density at radius 2 is 2.26 bits per heavy atom. The summed E-state index contributed by atoms with van der Waals surface area (Å²) in [6.45, 7) is 3.42. The molecule has 144 valence electrons. The van der Waals surface area contributed by atoms with Crippen LogP contribution in [-0.4, -0.2) is 51.5 Å². The third kappa shape index (κ3) is 4.86. The van der Waals surface area contributed by atoms with Crippen molar-refractivity contribution in [2.24, 2.45) is 5.41 Å². The number of hydrogen-bond donors (Lipinski definition) is 1. The van der Waals surface area contributed by atoms with Crippen molar-refractivity contribution in [3.8, 4) is 0 Å². The largest absolute Gasteiger partial charge is 0.376 e. The van der Waals surface area contributed by atoms with Crippen LogP contribution in [-0.2, 0) is 17.8 Å². The fourth-order valence-electron chi connectivity index (χ4n) is 3.62. The van der Waals surface area contributed by atoms with Gasteiger partial charge in [-0.1, -0.05) is 6.07 Å². The molecule has 4 rings (SSSR count). The first kappa shape index (κ1) is 18.0. The van der Waals surface area contributed by atoms with Gasteiger partial charge in [0.1, 0.15) is 0 Å². The van der Waals surface area contributed by atoms with E-state index < -0.39 is 0 Å². The number of amides is 2. The van der Waals surface area contributed by atoms with Gasteiger partial charge in [0.2, 0.25) is 0 Å². The third-order valence-electron chi connectivity index (χ3n) is 5.44. The zero-order chi connectivity index (χ0) is 18.5. The molecule has 2 aromatic heterocycles. The van der Waals surface area contributed by atoms with E-state index in [-0.39, 0.29) is 17.6 Å². The molecular weight excluding hydrogens is 342 g/mol. The predicted octanol–water partition coefficient (Wildman–Crippen LogP) is 2.45. The highest BCUT2D eigenvalue weighted by molar-refractivity contribution is 5.74. The molecule has 1 saturated carbocycles. The van der Waals surface area contributed by atoms with Crippen LogP contribution in [0.25, 0.3) is 0 Å². The van der Waals surface area contributed by atoms with Gasteiger partial charge in [-0.25, -0.2) is 4.79 Å². The lowest BCUT2D eigenvalue weighted by molar-refractivity contribution is 0.0788. The molecule has 1 unspecified atom stereocenters. The number of nitrogens with one attached hydrogen (secondary N) is 1. The lowest BCUT2D eigenvalue weighted by Gasteiger charge is -2.26. The van der Waals surface area contributed by atoms with Crippen LogP contribution >= 0.6 is 0 Å². The van der Waals surface area contributed by atoms with Crippen LogP contribution in [0.3, 0.4) is 0 Å². The van der Waals surface area contributed by atoms with Crippen LogP contribution in [0.2, 0.25) is 0 Å². The number of carbonyl (C=O) groups is 1. The van der Waals surface area contributed by atoms with E-state index in [9.17, 15) is 4.79 Å². The van der Waals surface area contributed by atoms with Gasteiger partial charge in [-0.3, -0.25) is 9.67 Å². The summed E-state index contributed by atoms with van der Waals surface area (Å²) in [4.78, 5) is 19.1. The molecule has 3 heterocycles. The molecular formula is C20H27N5O2. The zero-order valence-corrected chi connectivity index (χ0v) is 15.6. The average Bonchev–Trinajstić information content (AvgIpc) is 3.05. The summed E-state index contributed by atoms with van der Waals surface area (Å²) >= 11 is 0. The second-order valence-corrected chi connectivity index (χ2v) is 7.70. The topological polar surface area (TPSA) is 72.3 Å². The van der Waals surface area contributed by atoms with Crippen LogP contribution in [0.4, 0.5) is 4.79 Å². The van der Waals surface area contributed by atoms with Crippen molar-refractivity contribution in [2.45, 2.75) is 44.9 Å². The summed E-state index contributed by atoms with van der Waals surface area (Å²) in [6.07, 6.45) is 9.99. The van der Waals surface area contributed by atoms with Gasteiger partial charge < -0.3 is 15.0 Å². The molecule has 7 heteroatoms. The number of carbonyl (C=O) groups excluding carboxylic acids is 1. The second-order valence-electron chi connectivity index (χ2n) is 7.70. The van der Waals surface area contributed by atoms with E-state index in [4.69, 9.17) is 4.74 Å². The molecule has 1 aliphatic carbocycles. The molecule has 2 aliphatic rings. The molecule has 2 amide bonds. The fraction of sp³-hybridized carbons (Fsp3) is 0.550. The Balaban J connectivity index is 1.36. The molecule has 0 radical (unpaired) electrons. The third-order valence-corrected chi connectivity index (χ3v) is 5.44. The Labute approximate surface area is 159 Å². The monoisotopic (exact) mass is 369 g/mol. The summed E-state index contributed by atoms with van der Waals surface area (Å²) in [5.41, 5.74) is 1.03. The first-order chi connectivity index (χ1) is 13.2. The van der Waals surface area contributed by atoms with Gasteiger partial charge in [-0.05, 0) is 43.9 Å². The smallest absolute Gasteiger partial charge is 0.317 e. The van der Waals surface area contributed by atoms with Gasteiger partial charge in [0.05, 0.1) is 18.3 Å². The highest BCUT2D eigenvalue weighted by atomic mass is 16.5. The maximum atomic E-state index is 12.9. The normalized spacial score (nSPS) is 20.4. The summed E-state index contributed by atoms with van der Waals surface area (Å²) in [5.74, 6) is 0. The lowest BCUT2D eigenvalue weighted by atomic mass is 10.1. The van der Waals surface area contributed by atoms with E-state index in [1.165, 1.54) is 0 Å². The van der Waals surface area contributed by atoms with Crippen molar-refractivity contribution in [1.82, 2.24) is 25.0 Å². The first-order valence-corrected chi connectivity index (χ1v) is 9.74. The van der Waals surface area contributed by atoms with Gasteiger partial charge in [0.25, 0.3) is 0 Å². The average molecular weight is 369 g/mol. The molecule has 7 nitrogen and oxygen atoms in total. The van der Waals surface area contributed by atoms with Crippen LogP contribution in [0.1, 0.15) is 31.4 Å². The van der Waals surface area contributed by atoms with E-state index in [1.807, 2.05) is 40.0 Å². The van der Waals surface area contributed by atoms with Crippen molar-refractivity contribution >= 4 is 6.03 Å². The molecule has 2 aromatic rings. The van der Waals surface area contributed by atoms with Crippen molar-refractivity contribution < 1.29 is 9.53 Å². The van der Waals surface area contributed by atoms with E-state index in [0.29, 0.717) is 19.6 Å². The van der Waals surface area contributed by atoms with E-state index >= 15 is 0 Å². The van der Waals surface area contributed by atoms with E-state index in [0.717, 1.165) is 44.5 Å². The maximum Gasteiger partial charge on any atom is 0.317 e. The van der Waals surface area contributed by atoms with Gasteiger partial charge in [-0.15, -0.1) is 0 Å². The Kier molecular flexibility index (Phi) is 5.38. The number of ether oxygens (including phenoxy) is 1. The summed E-state index contributed by atoms with van der Waals surface area (Å²) < 4.78 is 7.70. The van der Waals surface area contributed by atoms with Gasteiger partial charge in [-0.2, -0.15) is 5.10 Å². The Morgan fingerprint density at radius 3 is 2.93 bits per heavy atom. The van der Waals surface area contributed by atoms with Crippen molar-refractivity contribution in [2.75, 3.05) is 19.7 Å². The standard InChI is InChI=1S/C20H27N5O2/c26-19(22-15-20(7-8-20)16-25-11-4-10-23-25)24(14-18-6-3-12-27-18)13-17-5-1-2-9-21-17/h1-2,4-5,9-11,18H,3,6-8,12-16H2,(H,22,26). The zero-order valence-electron chi connectivity index (χ0n) is 15.6. The van der Waals surface area contributed by atoms with Crippen LogP contribution in [0.15, 0.2) is 42.9 Å². The number of nitrogens with zero attached hydrogens (tertiary/aromatic N) is 4. The van der Waals surface area contributed by atoms with Crippen molar-refractivity contribution in [1.29, 1.82) is 0 Å². The predicted molar refractivity (Wildman–Crippen MR) is 101 cm³/mol. The minimum atomic E-state index is -0.0390. The molecule has 1 aliphatic heterocycles. The summed E-state index contributed by atoms with van der Waals surface area (Å²) in [7, 11) is 0. The minimum absolute atomic E-state index is 0.0390. The van der Waals surface area contributed by atoms with Gasteiger partial charge in [0.15, 0.2) is 0 Å². The Bertz CT molecular complexity index is 724. The molecule has 0 bridgehead atoms. The van der Waals surface area contributed by atoms with Crippen LogP contribution < -0.4 is 5.32 Å². The second kappa shape index (κ2) is 8.08. The van der Waals surface area contributed by atoms with Gasteiger partial charge in [0, 0.05) is 50.2 Å². The maximum absolute atomic E-state index is 12.9. The molecule has 1 N–H and O–H groups in total. The molecule has 1 saturated heterocycles. The minimum Gasteiger partial charge on any atom is -0.376 e. The molecule has 27 heavy (non-hydrogen) atoms. The number of urea groups is 1. The summed E-state index contributed by atoms with van der Waals surface area (Å²) in [6, 6.07) is 7.69. The molecule has 0 aromatic carbocycles. The number of hydrogen-bond acceptors (Lipinski definition) is 4. The van der Waals surface area contributed by atoms with Crippen LogP contribution in [0.5, 0.6) is 0 Å². The van der Waals surface area contributed by atoms with Gasteiger partial charge >= 0.3 is 6.03 Å². The fourth-order valence-corrected chi connectivity index (χ4v) is 3.62. The molecule has 2 fully saturated rings. The SMILES string of the molecule is O=C(NCC1(Cn2cccn2)CC1)N(Cc1ccccn1)CC1CCCO1. The van der Waals surface area contributed by atoms with Crippen LogP contribution in [0, 0.1) is 5.41 Å². The molecule has 1 atom stereocenters. The lowest BCUT2D eigenvalue weighted by Crippen LogP contribution is -2.45. The Morgan fingerprint density at radius 1 is 1.33 bits per heavy atom. The summed E-state index contributed by atoms with van der Waals surface area (Å²) in [5, 5.41) is 7.45. The quantitative estimate of drug-likeness (QED) is 0.776. The highest BCUT2D eigenvalue weighted by Gasteiger charge is 2.43. The van der Waals surface area contributed by atoms with E-state index in [1.54, 1.807) is 12.4 Å². The number of aromatic nitrogens is 3. The number of rotatable bonds is 8. The first-order valence-electron chi connectivity index (χ1n) is 9.74. The van der Waals surface area contributed by atoms with Crippen molar-refractivity contribution in [3.05, 3.63) is 48.5 Å². The number of pyridine rings is 1.